The van der Waals surface area contributed by atoms with Crippen molar-refractivity contribution in [2.75, 3.05) is 32.7 Å². The molecule has 0 aromatic carbocycles. The molecule has 1 amide bonds. The fourth-order valence-electron chi connectivity index (χ4n) is 2.71. The van der Waals surface area contributed by atoms with Crippen molar-refractivity contribution in [2.45, 2.75) is 52.5 Å². The van der Waals surface area contributed by atoms with E-state index in [1.165, 1.54) is 6.54 Å². The van der Waals surface area contributed by atoms with E-state index in [1.54, 1.807) is 0 Å². The average Bonchev–Trinajstić information content (AvgIpc) is 2.45. The van der Waals surface area contributed by atoms with Crippen LogP contribution in [0.2, 0.25) is 0 Å². The lowest BCUT2D eigenvalue weighted by Gasteiger charge is -2.34. The van der Waals surface area contributed by atoms with Crippen LogP contribution >= 0.6 is 0 Å². The largest absolute Gasteiger partial charge is 0.343 e. The monoisotopic (exact) mass is 269 g/mol. The quantitative estimate of drug-likeness (QED) is 0.765. The van der Waals surface area contributed by atoms with E-state index in [9.17, 15) is 4.79 Å². The van der Waals surface area contributed by atoms with Gasteiger partial charge in [-0.15, -0.1) is 0 Å². The Labute approximate surface area is 118 Å². The molecule has 1 unspecified atom stereocenters. The molecule has 1 fully saturated rings. The second kappa shape index (κ2) is 8.54. The number of likely N-dealkylation sites (tertiary alicyclic amines) is 1. The minimum atomic E-state index is 0.0286. The number of hydrogen-bond acceptors (Lipinski definition) is 3. The summed E-state index contributed by atoms with van der Waals surface area (Å²) in [7, 11) is 0. The van der Waals surface area contributed by atoms with Gasteiger partial charge in [0.1, 0.15) is 0 Å². The number of carbonyl (C=O) groups excluding carboxylic acids is 1. The smallest absolute Gasteiger partial charge is 0.224 e. The van der Waals surface area contributed by atoms with E-state index < -0.39 is 0 Å². The van der Waals surface area contributed by atoms with Gasteiger partial charge in [-0.1, -0.05) is 20.8 Å². The third-order valence-electron chi connectivity index (χ3n) is 4.34. The summed E-state index contributed by atoms with van der Waals surface area (Å²) in [5.74, 6) is 0.999. The van der Waals surface area contributed by atoms with E-state index in [2.05, 4.69) is 18.7 Å². The summed E-state index contributed by atoms with van der Waals surface area (Å²) in [4.78, 5) is 16.5. The van der Waals surface area contributed by atoms with Crippen LogP contribution in [0.25, 0.3) is 0 Å². The van der Waals surface area contributed by atoms with Gasteiger partial charge in [0.05, 0.1) is 0 Å². The van der Waals surface area contributed by atoms with Crippen LogP contribution in [0.5, 0.6) is 0 Å². The molecule has 0 saturated carbocycles. The van der Waals surface area contributed by atoms with Crippen molar-refractivity contribution in [1.29, 1.82) is 0 Å². The molecule has 4 nitrogen and oxygen atoms in total. The molecule has 19 heavy (non-hydrogen) atoms. The van der Waals surface area contributed by atoms with Crippen molar-refractivity contribution in [3.05, 3.63) is 0 Å². The zero-order valence-electron chi connectivity index (χ0n) is 12.9. The van der Waals surface area contributed by atoms with Crippen LogP contribution in [-0.4, -0.2) is 54.5 Å². The highest BCUT2D eigenvalue weighted by atomic mass is 16.2. The summed E-state index contributed by atoms with van der Waals surface area (Å²) in [6, 6.07) is 0.0286. The molecule has 0 spiro atoms. The molecule has 4 heteroatoms. The van der Waals surface area contributed by atoms with Crippen molar-refractivity contribution in [1.82, 2.24) is 9.80 Å². The Kier molecular flexibility index (Phi) is 7.39. The minimum Gasteiger partial charge on any atom is -0.343 e. The number of nitrogens with zero attached hydrogens (tertiary/aromatic N) is 2. The van der Waals surface area contributed by atoms with Gasteiger partial charge >= 0.3 is 0 Å². The Morgan fingerprint density at radius 1 is 1.26 bits per heavy atom. The van der Waals surface area contributed by atoms with Crippen molar-refractivity contribution in [3.63, 3.8) is 0 Å². The Morgan fingerprint density at radius 3 is 2.32 bits per heavy atom. The number of carbonyl (C=O) groups is 1. The Morgan fingerprint density at radius 2 is 1.84 bits per heavy atom. The van der Waals surface area contributed by atoms with Crippen LogP contribution < -0.4 is 5.73 Å². The molecule has 1 atom stereocenters. The van der Waals surface area contributed by atoms with Gasteiger partial charge in [-0.2, -0.15) is 0 Å². The molecule has 112 valence electrons. The minimum absolute atomic E-state index is 0.0286. The molecule has 0 radical (unpaired) electrons. The molecule has 2 N–H and O–H groups in total. The average molecular weight is 269 g/mol. The Balaban J connectivity index is 2.30. The lowest BCUT2D eigenvalue weighted by molar-refractivity contribution is -0.133. The number of piperidine rings is 1. The first kappa shape index (κ1) is 16.4. The van der Waals surface area contributed by atoms with E-state index in [1.807, 2.05) is 11.8 Å². The standard InChI is InChI=1S/C15H31N3O/c1-4-14(16)11-15(19)18-9-7-13(8-10-18)12-17(5-2)6-3/h13-14H,4-12,16H2,1-3H3. The van der Waals surface area contributed by atoms with Crippen LogP contribution in [0.15, 0.2) is 0 Å². The maximum absolute atomic E-state index is 12.0. The lowest BCUT2D eigenvalue weighted by Crippen LogP contribution is -2.43. The van der Waals surface area contributed by atoms with Crippen LogP contribution in [0, 0.1) is 5.92 Å². The predicted molar refractivity (Wildman–Crippen MR) is 80.0 cm³/mol. The van der Waals surface area contributed by atoms with E-state index in [-0.39, 0.29) is 11.9 Å². The molecule has 1 heterocycles. The molecule has 1 rings (SSSR count). The van der Waals surface area contributed by atoms with Gasteiger partial charge in [0, 0.05) is 32.1 Å². The summed E-state index contributed by atoms with van der Waals surface area (Å²) in [5.41, 5.74) is 5.86. The zero-order chi connectivity index (χ0) is 14.3. The van der Waals surface area contributed by atoms with Gasteiger partial charge in [0.2, 0.25) is 5.91 Å². The van der Waals surface area contributed by atoms with Gasteiger partial charge in [0.25, 0.3) is 0 Å². The Bertz CT molecular complexity index is 258. The van der Waals surface area contributed by atoms with E-state index in [0.717, 1.165) is 51.4 Å². The fourth-order valence-corrected chi connectivity index (χ4v) is 2.71. The van der Waals surface area contributed by atoms with Gasteiger partial charge in [-0.25, -0.2) is 0 Å². The maximum Gasteiger partial charge on any atom is 0.224 e. The third kappa shape index (κ3) is 5.49. The summed E-state index contributed by atoms with van der Waals surface area (Å²) in [5, 5.41) is 0. The lowest BCUT2D eigenvalue weighted by atomic mass is 9.95. The summed E-state index contributed by atoms with van der Waals surface area (Å²) >= 11 is 0. The molecule has 0 bridgehead atoms. The zero-order valence-corrected chi connectivity index (χ0v) is 12.9. The maximum atomic E-state index is 12.0. The molecule has 0 aromatic heterocycles. The molecule has 1 aliphatic heterocycles. The SMILES string of the molecule is CCC(N)CC(=O)N1CCC(CN(CC)CC)CC1. The van der Waals surface area contributed by atoms with E-state index in [4.69, 9.17) is 5.73 Å². The van der Waals surface area contributed by atoms with Crippen molar-refractivity contribution >= 4 is 5.91 Å². The first-order chi connectivity index (χ1) is 9.10. The highest BCUT2D eigenvalue weighted by Gasteiger charge is 2.24. The van der Waals surface area contributed by atoms with Crippen LogP contribution in [0.4, 0.5) is 0 Å². The first-order valence-electron chi connectivity index (χ1n) is 7.86. The number of amides is 1. The van der Waals surface area contributed by atoms with Gasteiger partial charge in [0.15, 0.2) is 0 Å². The van der Waals surface area contributed by atoms with Crippen molar-refractivity contribution in [3.8, 4) is 0 Å². The highest BCUT2D eigenvalue weighted by Crippen LogP contribution is 2.19. The predicted octanol–water partition coefficient (Wildman–Crippen LogP) is 1.69. The number of nitrogens with two attached hydrogens (primary N) is 1. The summed E-state index contributed by atoms with van der Waals surface area (Å²) < 4.78 is 0. The van der Waals surface area contributed by atoms with Gasteiger partial charge in [-0.05, 0) is 38.3 Å². The van der Waals surface area contributed by atoms with E-state index >= 15 is 0 Å². The molecule has 1 aliphatic rings. The second-order valence-electron chi connectivity index (χ2n) is 5.68. The fraction of sp³-hybridized carbons (Fsp3) is 0.933. The molecule has 1 saturated heterocycles. The number of rotatable bonds is 7. The Hall–Kier alpha value is -0.610. The normalized spacial score (nSPS) is 18.9. The third-order valence-corrected chi connectivity index (χ3v) is 4.34. The van der Waals surface area contributed by atoms with Crippen LogP contribution in [-0.2, 0) is 4.79 Å². The van der Waals surface area contributed by atoms with Gasteiger partial charge in [-0.3, -0.25) is 4.79 Å². The molecule has 0 aliphatic carbocycles. The molecular formula is C15H31N3O. The number of hydrogen-bond donors (Lipinski definition) is 1. The van der Waals surface area contributed by atoms with Crippen LogP contribution in [0.1, 0.15) is 46.5 Å². The van der Waals surface area contributed by atoms with Crippen molar-refractivity contribution in [2.24, 2.45) is 11.7 Å². The van der Waals surface area contributed by atoms with E-state index in [0.29, 0.717) is 6.42 Å². The second-order valence-corrected chi connectivity index (χ2v) is 5.68. The first-order valence-corrected chi connectivity index (χ1v) is 7.86. The molecule has 0 aromatic rings. The summed E-state index contributed by atoms with van der Waals surface area (Å²) in [6.45, 7) is 11.7. The van der Waals surface area contributed by atoms with Crippen LogP contribution in [0.3, 0.4) is 0 Å². The topological polar surface area (TPSA) is 49.6 Å². The highest BCUT2D eigenvalue weighted by molar-refractivity contribution is 5.76. The van der Waals surface area contributed by atoms with Gasteiger partial charge < -0.3 is 15.5 Å². The van der Waals surface area contributed by atoms with Crippen molar-refractivity contribution < 1.29 is 4.79 Å². The summed E-state index contributed by atoms with van der Waals surface area (Å²) in [6.07, 6.45) is 3.68. The molecular weight excluding hydrogens is 238 g/mol.